The molecule has 7 heteroatoms. The van der Waals surface area contributed by atoms with Crippen molar-refractivity contribution in [2.24, 2.45) is 0 Å². The molecular formula is C17H19N3O3S. The van der Waals surface area contributed by atoms with Gasteiger partial charge in [0.1, 0.15) is 11.8 Å². The van der Waals surface area contributed by atoms with Gasteiger partial charge in [-0.05, 0) is 30.5 Å². The van der Waals surface area contributed by atoms with Gasteiger partial charge in [0.05, 0.1) is 13.5 Å². The first-order chi connectivity index (χ1) is 11.7. The molecule has 1 aliphatic rings. The summed E-state index contributed by atoms with van der Waals surface area (Å²) in [5, 5.41) is 5.15. The number of anilines is 1. The third-order valence-electron chi connectivity index (χ3n) is 4.03. The highest BCUT2D eigenvalue weighted by atomic mass is 32.1. The number of ether oxygens (including phenoxy) is 1. The van der Waals surface area contributed by atoms with Crippen molar-refractivity contribution in [3.8, 4) is 5.75 Å². The van der Waals surface area contributed by atoms with Crippen molar-refractivity contribution in [3.63, 3.8) is 0 Å². The number of amides is 2. The molecule has 126 valence electrons. The van der Waals surface area contributed by atoms with Crippen LogP contribution < -0.4 is 10.1 Å². The van der Waals surface area contributed by atoms with Crippen LogP contribution in [-0.2, 0) is 16.0 Å². The molecule has 0 spiro atoms. The van der Waals surface area contributed by atoms with Gasteiger partial charge in [-0.3, -0.25) is 9.59 Å². The molecule has 0 aliphatic carbocycles. The summed E-state index contributed by atoms with van der Waals surface area (Å²) in [6.07, 6.45) is 3.42. The Morgan fingerprint density at radius 1 is 1.46 bits per heavy atom. The molecule has 1 aromatic carbocycles. The van der Waals surface area contributed by atoms with Crippen LogP contribution in [0.25, 0.3) is 0 Å². The number of aromatic nitrogens is 1. The number of rotatable bonds is 5. The van der Waals surface area contributed by atoms with E-state index < -0.39 is 6.04 Å². The van der Waals surface area contributed by atoms with E-state index in [0.717, 1.165) is 17.7 Å². The van der Waals surface area contributed by atoms with Crippen LogP contribution in [0, 0.1) is 0 Å². The number of thiazole rings is 1. The number of likely N-dealkylation sites (tertiary alicyclic amines) is 1. The standard InChI is InChI=1S/C17H19N3O3S/c1-23-13-5-2-4-12(10-13)11-15(21)20-8-3-6-14(20)16(22)19-17-18-7-9-24-17/h2,4-5,7,9-10,14H,3,6,8,11H2,1H3,(H,18,19,22). The molecule has 24 heavy (non-hydrogen) atoms. The van der Waals surface area contributed by atoms with Gasteiger partial charge in [-0.25, -0.2) is 4.98 Å². The summed E-state index contributed by atoms with van der Waals surface area (Å²) in [6, 6.07) is 7.01. The molecule has 2 amide bonds. The Bertz CT molecular complexity index is 718. The number of nitrogens with zero attached hydrogens (tertiary/aromatic N) is 2. The van der Waals surface area contributed by atoms with Gasteiger partial charge >= 0.3 is 0 Å². The molecule has 1 saturated heterocycles. The number of methoxy groups -OCH3 is 1. The molecule has 0 bridgehead atoms. The largest absolute Gasteiger partial charge is 0.497 e. The van der Waals surface area contributed by atoms with E-state index in [1.165, 1.54) is 11.3 Å². The fourth-order valence-corrected chi connectivity index (χ4v) is 3.40. The zero-order valence-electron chi connectivity index (χ0n) is 13.4. The van der Waals surface area contributed by atoms with Crippen LogP contribution in [0.5, 0.6) is 5.75 Å². The molecule has 1 N–H and O–H groups in total. The Kier molecular flexibility index (Phi) is 5.10. The minimum atomic E-state index is -0.424. The highest BCUT2D eigenvalue weighted by molar-refractivity contribution is 7.13. The molecule has 1 unspecified atom stereocenters. The molecule has 2 heterocycles. The number of carbonyl (C=O) groups is 2. The Morgan fingerprint density at radius 3 is 3.08 bits per heavy atom. The van der Waals surface area contributed by atoms with E-state index in [9.17, 15) is 9.59 Å². The van der Waals surface area contributed by atoms with E-state index in [1.54, 1.807) is 23.6 Å². The van der Waals surface area contributed by atoms with Crippen LogP contribution in [0.2, 0.25) is 0 Å². The molecule has 1 atom stereocenters. The fourth-order valence-electron chi connectivity index (χ4n) is 2.87. The molecule has 0 radical (unpaired) electrons. The third-order valence-corrected chi connectivity index (χ3v) is 4.72. The first kappa shape index (κ1) is 16.4. The van der Waals surface area contributed by atoms with Crippen molar-refractivity contribution in [2.45, 2.75) is 25.3 Å². The van der Waals surface area contributed by atoms with E-state index in [0.29, 0.717) is 18.1 Å². The van der Waals surface area contributed by atoms with E-state index in [2.05, 4.69) is 10.3 Å². The van der Waals surface area contributed by atoms with Crippen LogP contribution in [0.1, 0.15) is 18.4 Å². The summed E-state index contributed by atoms with van der Waals surface area (Å²) >= 11 is 1.37. The van der Waals surface area contributed by atoms with Crippen LogP contribution in [0.4, 0.5) is 5.13 Å². The maximum Gasteiger partial charge on any atom is 0.248 e. The minimum Gasteiger partial charge on any atom is -0.497 e. The number of benzene rings is 1. The van der Waals surface area contributed by atoms with Gasteiger partial charge < -0.3 is 15.0 Å². The highest BCUT2D eigenvalue weighted by Gasteiger charge is 2.34. The molecular weight excluding hydrogens is 326 g/mol. The van der Waals surface area contributed by atoms with Crippen LogP contribution >= 0.6 is 11.3 Å². The summed E-state index contributed by atoms with van der Waals surface area (Å²) in [5.74, 6) is 0.515. The predicted octanol–water partition coefficient (Wildman–Crippen LogP) is 2.32. The van der Waals surface area contributed by atoms with Crippen molar-refractivity contribution in [1.82, 2.24) is 9.88 Å². The summed E-state index contributed by atoms with van der Waals surface area (Å²) in [6.45, 7) is 0.610. The number of nitrogens with one attached hydrogen (secondary N) is 1. The lowest BCUT2D eigenvalue weighted by atomic mass is 10.1. The normalized spacial score (nSPS) is 16.9. The number of hydrogen-bond acceptors (Lipinski definition) is 5. The van der Waals surface area contributed by atoms with Crippen LogP contribution in [-0.4, -0.2) is 41.4 Å². The number of hydrogen-bond donors (Lipinski definition) is 1. The van der Waals surface area contributed by atoms with Crippen molar-refractivity contribution < 1.29 is 14.3 Å². The van der Waals surface area contributed by atoms with Crippen LogP contribution in [0.15, 0.2) is 35.8 Å². The lowest BCUT2D eigenvalue weighted by Gasteiger charge is -2.23. The Balaban J connectivity index is 1.65. The summed E-state index contributed by atoms with van der Waals surface area (Å²) < 4.78 is 5.19. The average molecular weight is 345 g/mol. The van der Waals surface area contributed by atoms with Gasteiger partial charge in [0, 0.05) is 18.1 Å². The quantitative estimate of drug-likeness (QED) is 0.903. The summed E-state index contributed by atoms with van der Waals surface area (Å²) in [4.78, 5) is 30.8. The van der Waals surface area contributed by atoms with Crippen molar-refractivity contribution >= 4 is 28.3 Å². The molecule has 1 aromatic heterocycles. The van der Waals surface area contributed by atoms with Gasteiger partial charge in [0.2, 0.25) is 11.8 Å². The maximum absolute atomic E-state index is 12.6. The summed E-state index contributed by atoms with van der Waals surface area (Å²) in [5.41, 5.74) is 0.880. The van der Waals surface area contributed by atoms with Gasteiger partial charge in [-0.15, -0.1) is 11.3 Å². The van der Waals surface area contributed by atoms with Crippen molar-refractivity contribution in [2.75, 3.05) is 19.0 Å². The zero-order valence-corrected chi connectivity index (χ0v) is 14.2. The molecule has 0 saturated carbocycles. The molecule has 3 rings (SSSR count). The second-order valence-corrected chi connectivity index (χ2v) is 6.49. The van der Waals surface area contributed by atoms with Crippen molar-refractivity contribution in [1.29, 1.82) is 0 Å². The second kappa shape index (κ2) is 7.44. The Morgan fingerprint density at radius 2 is 2.33 bits per heavy atom. The Hall–Kier alpha value is -2.41. The first-order valence-corrected chi connectivity index (χ1v) is 8.68. The fraction of sp³-hybridized carbons (Fsp3) is 0.353. The van der Waals surface area contributed by atoms with Crippen molar-refractivity contribution in [3.05, 3.63) is 41.4 Å². The highest BCUT2D eigenvalue weighted by Crippen LogP contribution is 2.22. The second-order valence-electron chi connectivity index (χ2n) is 5.60. The van der Waals surface area contributed by atoms with E-state index in [1.807, 2.05) is 24.3 Å². The molecule has 6 nitrogen and oxygen atoms in total. The van der Waals surface area contributed by atoms with E-state index in [-0.39, 0.29) is 18.2 Å². The molecule has 2 aromatic rings. The average Bonchev–Trinajstić information content (AvgIpc) is 3.26. The monoisotopic (exact) mass is 345 g/mol. The van der Waals surface area contributed by atoms with Gasteiger partial charge in [0.15, 0.2) is 5.13 Å². The summed E-state index contributed by atoms with van der Waals surface area (Å²) in [7, 11) is 1.60. The lowest BCUT2D eigenvalue weighted by molar-refractivity contribution is -0.136. The smallest absolute Gasteiger partial charge is 0.248 e. The third kappa shape index (κ3) is 3.73. The predicted molar refractivity (Wildman–Crippen MR) is 92.2 cm³/mol. The SMILES string of the molecule is COc1cccc(CC(=O)N2CCCC2C(=O)Nc2nccs2)c1. The molecule has 1 aliphatic heterocycles. The molecule has 1 fully saturated rings. The lowest BCUT2D eigenvalue weighted by Crippen LogP contribution is -2.43. The van der Waals surface area contributed by atoms with E-state index >= 15 is 0 Å². The topological polar surface area (TPSA) is 71.5 Å². The minimum absolute atomic E-state index is 0.0416. The van der Waals surface area contributed by atoms with Crippen LogP contribution in [0.3, 0.4) is 0 Å². The first-order valence-electron chi connectivity index (χ1n) is 7.80. The number of carbonyl (C=O) groups excluding carboxylic acids is 2. The zero-order chi connectivity index (χ0) is 16.9. The van der Waals surface area contributed by atoms with E-state index in [4.69, 9.17) is 4.74 Å². The maximum atomic E-state index is 12.6. The van der Waals surface area contributed by atoms with Gasteiger partial charge in [0.25, 0.3) is 0 Å². The van der Waals surface area contributed by atoms with Gasteiger partial charge in [-0.2, -0.15) is 0 Å². The van der Waals surface area contributed by atoms with Gasteiger partial charge in [-0.1, -0.05) is 12.1 Å². The Labute approximate surface area is 144 Å².